The highest BCUT2D eigenvalue weighted by atomic mass is 16.4. The maximum atomic E-state index is 11.8. The maximum absolute atomic E-state index is 11.8. The minimum atomic E-state index is -0.773. The quantitative estimate of drug-likeness (QED) is 0.770. The van der Waals surface area contributed by atoms with Gasteiger partial charge in [0.25, 0.3) is 0 Å². The molecule has 1 atom stereocenters. The Morgan fingerprint density at radius 1 is 1.17 bits per heavy atom. The molecule has 0 bridgehead atoms. The van der Waals surface area contributed by atoms with Crippen LogP contribution in [0.15, 0.2) is 41.5 Å². The van der Waals surface area contributed by atoms with Crippen molar-refractivity contribution in [3.63, 3.8) is 0 Å². The van der Waals surface area contributed by atoms with Crippen LogP contribution in [0.1, 0.15) is 45.1 Å². The van der Waals surface area contributed by atoms with E-state index in [0.29, 0.717) is 0 Å². The van der Waals surface area contributed by atoms with Gasteiger partial charge in [-0.1, -0.05) is 50.6 Å². The average molecular weight is 244 g/mol. The molecule has 1 unspecified atom stereocenters. The van der Waals surface area contributed by atoms with E-state index in [1.165, 1.54) is 0 Å². The van der Waals surface area contributed by atoms with Gasteiger partial charge in [0.15, 0.2) is 0 Å². The summed E-state index contributed by atoms with van der Waals surface area (Å²) in [4.78, 5) is 11.8. The van der Waals surface area contributed by atoms with Crippen molar-refractivity contribution in [1.29, 1.82) is 0 Å². The third-order valence-electron chi connectivity index (χ3n) is 3.87. The van der Waals surface area contributed by atoms with Crippen LogP contribution in [0, 0.1) is 0 Å². The Hall–Kier alpha value is -1.57. The van der Waals surface area contributed by atoms with Crippen LogP contribution in [0.2, 0.25) is 0 Å². The van der Waals surface area contributed by atoms with Gasteiger partial charge in [-0.2, -0.15) is 0 Å². The Bertz CT molecular complexity index is 473. The monoisotopic (exact) mass is 244 g/mol. The van der Waals surface area contributed by atoms with E-state index in [1.807, 2.05) is 30.3 Å². The van der Waals surface area contributed by atoms with E-state index in [2.05, 4.69) is 13.8 Å². The molecule has 1 aromatic rings. The van der Waals surface area contributed by atoms with E-state index in [1.54, 1.807) is 0 Å². The van der Waals surface area contributed by atoms with Gasteiger partial charge >= 0.3 is 5.97 Å². The average Bonchev–Trinajstić information content (AvgIpc) is 3.06. The molecule has 96 valence electrons. The number of hydrogen-bond donors (Lipinski definition) is 1. The van der Waals surface area contributed by atoms with Crippen LogP contribution in [0.4, 0.5) is 0 Å². The Kier molecular flexibility index (Phi) is 3.55. The normalized spacial score (nSPS) is 22.1. The van der Waals surface area contributed by atoms with Crippen molar-refractivity contribution in [2.24, 2.45) is 0 Å². The van der Waals surface area contributed by atoms with Gasteiger partial charge in [0.2, 0.25) is 0 Å². The van der Waals surface area contributed by atoms with Crippen LogP contribution in [-0.4, -0.2) is 11.1 Å². The first-order valence-corrected chi connectivity index (χ1v) is 6.71. The third kappa shape index (κ3) is 1.76. The molecule has 0 fully saturated rings. The fourth-order valence-corrected chi connectivity index (χ4v) is 2.98. The van der Waals surface area contributed by atoms with Crippen LogP contribution in [0.5, 0.6) is 0 Å². The molecular formula is C16H20O2. The zero-order valence-corrected chi connectivity index (χ0v) is 11.1. The summed E-state index contributed by atoms with van der Waals surface area (Å²) < 4.78 is 0. The fourth-order valence-electron chi connectivity index (χ4n) is 2.98. The largest absolute Gasteiger partial charge is 0.480 e. The highest BCUT2D eigenvalue weighted by Crippen LogP contribution is 2.58. The van der Waals surface area contributed by atoms with Crippen molar-refractivity contribution in [3.8, 4) is 0 Å². The van der Waals surface area contributed by atoms with Crippen molar-refractivity contribution >= 4 is 5.97 Å². The summed E-state index contributed by atoms with van der Waals surface area (Å²) in [7, 11) is 0. The molecule has 0 amide bonds. The summed E-state index contributed by atoms with van der Waals surface area (Å²) in [5.41, 5.74) is 2.41. The standard InChI is InChI=1S/C16H20O2/c1-3-5-11-14-13(4-2)16(14,15(17)18)12-9-7-6-8-10-12/h6-10H,3-5,11H2,1-2H3,(H,17,18). The van der Waals surface area contributed by atoms with Gasteiger partial charge in [-0.3, -0.25) is 4.79 Å². The Balaban J connectivity index is 2.35. The first-order chi connectivity index (χ1) is 8.69. The lowest BCUT2D eigenvalue weighted by Crippen LogP contribution is -2.25. The summed E-state index contributed by atoms with van der Waals surface area (Å²) in [6.45, 7) is 4.19. The minimum absolute atomic E-state index is 0.711. The van der Waals surface area contributed by atoms with E-state index in [-0.39, 0.29) is 0 Å². The summed E-state index contributed by atoms with van der Waals surface area (Å²) >= 11 is 0. The van der Waals surface area contributed by atoms with E-state index in [0.717, 1.165) is 42.4 Å². The molecule has 0 heterocycles. The second-order valence-electron chi connectivity index (χ2n) is 4.84. The van der Waals surface area contributed by atoms with Gasteiger partial charge in [-0.15, -0.1) is 0 Å². The molecule has 1 aliphatic carbocycles. The molecule has 0 aliphatic heterocycles. The van der Waals surface area contributed by atoms with Crippen molar-refractivity contribution in [1.82, 2.24) is 0 Å². The predicted octanol–water partition coefficient (Wildman–Crippen LogP) is 3.92. The predicted molar refractivity (Wildman–Crippen MR) is 72.6 cm³/mol. The molecule has 0 radical (unpaired) electrons. The number of unbranched alkanes of at least 4 members (excludes halogenated alkanes) is 1. The third-order valence-corrected chi connectivity index (χ3v) is 3.87. The summed E-state index contributed by atoms with van der Waals surface area (Å²) in [6.07, 6.45) is 3.92. The highest BCUT2D eigenvalue weighted by Gasteiger charge is 2.58. The van der Waals surface area contributed by atoms with Gasteiger partial charge in [-0.05, 0) is 36.0 Å². The van der Waals surface area contributed by atoms with Gasteiger partial charge in [0.05, 0.1) is 0 Å². The van der Waals surface area contributed by atoms with Crippen LogP contribution >= 0.6 is 0 Å². The van der Waals surface area contributed by atoms with Gasteiger partial charge in [-0.25, -0.2) is 0 Å². The lowest BCUT2D eigenvalue weighted by atomic mass is 9.86. The Morgan fingerprint density at radius 2 is 1.83 bits per heavy atom. The number of carboxylic acids is 1. The van der Waals surface area contributed by atoms with Crippen molar-refractivity contribution < 1.29 is 9.90 Å². The van der Waals surface area contributed by atoms with E-state index >= 15 is 0 Å². The molecular weight excluding hydrogens is 224 g/mol. The topological polar surface area (TPSA) is 37.3 Å². The van der Waals surface area contributed by atoms with Crippen LogP contribution in [0.25, 0.3) is 0 Å². The van der Waals surface area contributed by atoms with Crippen molar-refractivity contribution in [2.45, 2.75) is 44.9 Å². The summed E-state index contributed by atoms with van der Waals surface area (Å²) in [6, 6.07) is 9.64. The molecule has 1 N–H and O–H groups in total. The number of rotatable bonds is 6. The fraction of sp³-hybridized carbons (Fsp3) is 0.438. The second-order valence-corrected chi connectivity index (χ2v) is 4.84. The number of benzene rings is 1. The Morgan fingerprint density at radius 3 is 2.33 bits per heavy atom. The smallest absolute Gasteiger partial charge is 0.322 e. The van der Waals surface area contributed by atoms with Gasteiger partial charge in [0.1, 0.15) is 5.41 Å². The molecule has 2 nitrogen and oxygen atoms in total. The molecule has 0 saturated heterocycles. The summed E-state index contributed by atoms with van der Waals surface area (Å²) in [5.74, 6) is -0.711. The molecule has 0 spiro atoms. The molecule has 1 aromatic carbocycles. The van der Waals surface area contributed by atoms with Crippen LogP contribution in [0.3, 0.4) is 0 Å². The van der Waals surface area contributed by atoms with Crippen molar-refractivity contribution in [3.05, 3.63) is 47.0 Å². The SMILES string of the molecule is CCCCC1=C(CC)C1(C(=O)O)c1ccccc1. The molecule has 1 aliphatic rings. The Labute approximate surface area is 108 Å². The maximum Gasteiger partial charge on any atom is 0.322 e. The highest BCUT2D eigenvalue weighted by molar-refractivity contribution is 5.97. The molecule has 0 aromatic heterocycles. The van der Waals surface area contributed by atoms with Crippen LogP contribution in [-0.2, 0) is 10.2 Å². The van der Waals surface area contributed by atoms with E-state index in [4.69, 9.17) is 0 Å². The van der Waals surface area contributed by atoms with Crippen molar-refractivity contribution in [2.75, 3.05) is 0 Å². The lowest BCUT2D eigenvalue weighted by Gasteiger charge is -2.16. The molecule has 0 saturated carbocycles. The number of aliphatic carboxylic acids is 1. The minimum Gasteiger partial charge on any atom is -0.480 e. The van der Waals surface area contributed by atoms with Crippen LogP contribution < -0.4 is 0 Å². The number of hydrogen-bond acceptors (Lipinski definition) is 1. The van der Waals surface area contributed by atoms with Gasteiger partial charge < -0.3 is 5.11 Å². The summed E-state index contributed by atoms with van der Waals surface area (Å²) in [5, 5.41) is 9.69. The van der Waals surface area contributed by atoms with E-state index in [9.17, 15) is 9.90 Å². The first-order valence-electron chi connectivity index (χ1n) is 6.71. The number of carbonyl (C=O) groups is 1. The molecule has 2 rings (SSSR count). The van der Waals surface area contributed by atoms with Gasteiger partial charge in [0, 0.05) is 0 Å². The van der Waals surface area contributed by atoms with E-state index < -0.39 is 11.4 Å². The number of carboxylic acid groups (broad SMARTS) is 1. The zero-order chi connectivity index (χ0) is 13.2. The molecule has 2 heteroatoms. The molecule has 18 heavy (non-hydrogen) atoms. The first kappa shape index (κ1) is 12.9. The second kappa shape index (κ2) is 4.97. The lowest BCUT2D eigenvalue weighted by molar-refractivity contribution is -0.139. The zero-order valence-electron chi connectivity index (χ0n) is 11.1.